The number of nitrogens with zero attached hydrogens (tertiary/aromatic N) is 3. The zero-order valence-corrected chi connectivity index (χ0v) is 18.9. The number of hydrogen-bond donors (Lipinski definition) is 2. The Kier molecular flexibility index (Phi) is 9.22. The quantitative estimate of drug-likeness (QED) is 0.737. The highest BCUT2D eigenvalue weighted by molar-refractivity contribution is 5.85. The Balaban J connectivity index is 0.00000196. The zero-order valence-electron chi connectivity index (χ0n) is 17.3. The first-order valence-electron chi connectivity index (χ1n) is 9.73. The van der Waals surface area contributed by atoms with E-state index in [0.717, 1.165) is 39.0 Å². The second-order valence-corrected chi connectivity index (χ2v) is 8.39. The van der Waals surface area contributed by atoms with E-state index >= 15 is 0 Å². The average molecular weight is 436 g/mol. The van der Waals surface area contributed by atoms with Gasteiger partial charge in [0.2, 0.25) is 5.91 Å². The van der Waals surface area contributed by atoms with E-state index in [0.29, 0.717) is 6.54 Å². The van der Waals surface area contributed by atoms with Crippen molar-refractivity contribution in [3.63, 3.8) is 0 Å². The summed E-state index contributed by atoms with van der Waals surface area (Å²) in [7, 11) is 0. The van der Waals surface area contributed by atoms with Crippen LogP contribution in [-0.4, -0.2) is 71.1 Å². The van der Waals surface area contributed by atoms with E-state index in [-0.39, 0.29) is 48.5 Å². The number of nitrogens with one attached hydrogen (secondary N) is 2. The molecule has 0 bridgehead atoms. The van der Waals surface area contributed by atoms with Crippen molar-refractivity contribution in [2.45, 2.75) is 63.8 Å². The number of amides is 1. The summed E-state index contributed by atoms with van der Waals surface area (Å²) < 4.78 is 7.69. The molecule has 3 rings (SSSR count). The first kappa shape index (κ1) is 25.2. The van der Waals surface area contributed by atoms with Crippen molar-refractivity contribution in [3.05, 3.63) is 18.5 Å². The van der Waals surface area contributed by atoms with Gasteiger partial charge in [-0.3, -0.25) is 14.4 Å². The second-order valence-electron chi connectivity index (χ2n) is 8.39. The predicted molar refractivity (Wildman–Crippen MR) is 115 cm³/mol. The van der Waals surface area contributed by atoms with Crippen molar-refractivity contribution in [2.24, 2.45) is 0 Å². The number of carbonyl (C=O) groups is 1. The van der Waals surface area contributed by atoms with Crippen molar-refractivity contribution in [1.29, 1.82) is 0 Å². The van der Waals surface area contributed by atoms with Gasteiger partial charge in [0.25, 0.3) is 0 Å². The van der Waals surface area contributed by atoms with Crippen LogP contribution in [0.2, 0.25) is 0 Å². The minimum atomic E-state index is -0.587. The Morgan fingerprint density at radius 2 is 1.86 bits per heavy atom. The van der Waals surface area contributed by atoms with Gasteiger partial charge < -0.3 is 15.4 Å². The molecular weight excluding hydrogens is 401 g/mol. The van der Waals surface area contributed by atoms with Gasteiger partial charge in [0.1, 0.15) is 5.54 Å². The number of halogens is 2. The summed E-state index contributed by atoms with van der Waals surface area (Å²) >= 11 is 0. The van der Waals surface area contributed by atoms with Crippen LogP contribution in [0.1, 0.15) is 40.5 Å². The number of hydrogen-bond acceptors (Lipinski definition) is 5. The Labute approximate surface area is 180 Å². The highest BCUT2D eigenvalue weighted by Crippen LogP contribution is 2.28. The van der Waals surface area contributed by atoms with E-state index in [1.807, 2.05) is 16.9 Å². The number of ether oxygens (including phenoxy) is 1. The third-order valence-corrected chi connectivity index (χ3v) is 5.75. The first-order chi connectivity index (χ1) is 12.3. The van der Waals surface area contributed by atoms with E-state index in [4.69, 9.17) is 4.74 Å². The molecule has 0 aromatic carbocycles. The Bertz CT molecular complexity index is 595. The molecule has 2 fully saturated rings. The van der Waals surface area contributed by atoms with E-state index in [2.05, 4.69) is 48.3 Å². The van der Waals surface area contributed by atoms with E-state index in [9.17, 15) is 4.79 Å². The highest BCUT2D eigenvalue weighted by atomic mass is 35.5. The first-order valence-corrected chi connectivity index (χ1v) is 9.73. The van der Waals surface area contributed by atoms with Crippen molar-refractivity contribution < 1.29 is 9.53 Å². The lowest BCUT2D eigenvalue weighted by atomic mass is 9.87. The molecule has 9 heteroatoms. The third-order valence-electron chi connectivity index (χ3n) is 5.75. The van der Waals surface area contributed by atoms with Crippen LogP contribution in [0.25, 0.3) is 0 Å². The fourth-order valence-electron chi connectivity index (χ4n) is 4.17. The summed E-state index contributed by atoms with van der Waals surface area (Å²) in [6.07, 6.45) is 5.60. The van der Waals surface area contributed by atoms with E-state index in [1.54, 1.807) is 6.20 Å². The van der Waals surface area contributed by atoms with Gasteiger partial charge in [0.05, 0.1) is 12.2 Å². The third kappa shape index (κ3) is 5.39. The summed E-state index contributed by atoms with van der Waals surface area (Å²) in [6, 6.07) is 1.89. The van der Waals surface area contributed by atoms with Crippen LogP contribution in [0.5, 0.6) is 0 Å². The molecule has 1 aromatic heterocycles. The Morgan fingerprint density at radius 3 is 2.39 bits per heavy atom. The molecule has 2 saturated heterocycles. The van der Waals surface area contributed by atoms with Gasteiger partial charge in [-0.2, -0.15) is 5.10 Å². The maximum Gasteiger partial charge on any atom is 0.248 e. The maximum atomic E-state index is 13.2. The van der Waals surface area contributed by atoms with Gasteiger partial charge in [-0.05, 0) is 59.7 Å². The molecule has 2 N–H and O–H groups in total. The molecule has 162 valence electrons. The molecule has 0 radical (unpaired) electrons. The maximum absolute atomic E-state index is 13.2. The second kappa shape index (κ2) is 10.3. The van der Waals surface area contributed by atoms with Crippen molar-refractivity contribution in [3.8, 4) is 0 Å². The van der Waals surface area contributed by atoms with Crippen molar-refractivity contribution in [1.82, 2.24) is 25.3 Å². The monoisotopic (exact) mass is 435 g/mol. The molecule has 28 heavy (non-hydrogen) atoms. The average Bonchev–Trinajstić information content (AvgIpc) is 3.14. The van der Waals surface area contributed by atoms with Crippen LogP contribution in [0.4, 0.5) is 0 Å². The van der Waals surface area contributed by atoms with Crippen molar-refractivity contribution in [2.75, 3.05) is 32.7 Å². The SMILES string of the molecule is CC1CN(C(C)(C)CNC(=O)C2(n3cccn3)CCNCC2)CC(C)O1.Cl.Cl. The predicted octanol–water partition coefficient (Wildman–Crippen LogP) is 1.81. The lowest BCUT2D eigenvalue weighted by molar-refractivity contribution is -0.133. The zero-order chi connectivity index (χ0) is 18.8. The normalized spacial score (nSPS) is 25.3. The molecular formula is C19H35Cl2N5O2. The minimum absolute atomic E-state index is 0. The standard InChI is InChI=1S/C19H33N5O2.2ClH/c1-15-12-23(13-16(2)26-15)18(3,4)14-21-17(25)19(6-9-20-10-7-19)24-11-5-8-22-24;;/h5,8,11,15-16,20H,6-7,9-10,12-14H2,1-4H3,(H,21,25);2*1H. The molecule has 2 unspecified atom stereocenters. The molecule has 0 aliphatic carbocycles. The van der Waals surface area contributed by atoms with Gasteiger partial charge in [0.15, 0.2) is 0 Å². The number of morpholine rings is 1. The summed E-state index contributed by atoms with van der Waals surface area (Å²) in [5.74, 6) is 0.0742. The van der Waals surface area contributed by atoms with E-state index in [1.165, 1.54) is 0 Å². The van der Waals surface area contributed by atoms with Crippen LogP contribution in [0, 0.1) is 0 Å². The van der Waals surface area contributed by atoms with Crippen LogP contribution in [0.15, 0.2) is 18.5 Å². The molecule has 1 amide bonds. The van der Waals surface area contributed by atoms with Crippen LogP contribution >= 0.6 is 24.8 Å². The van der Waals surface area contributed by atoms with Crippen LogP contribution in [-0.2, 0) is 15.1 Å². The van der Waals surface area contributed by atoms with Gasteiger partial charge in [-0.1, -0.05) is 0 Å². The summed E-state index contributed by atoms with van der Waals surface area (Å²) in [4.78, 5) is 15.7. The summed E-state index contributed by atoms with van der Waals surface area (Å²) in [5, 5.41) is 11.0. The number of rotatable bonds is 5. The molecule has 0 saturated carbocycles. The molecule has 1 aromatic rings. The fraction of sp³-hybridized carbons (Fsp3) is 0.789. The lowest BCUT2D eigenvalue weighted by Crippen LogP contribution is -2.61. The summed E-state index contributed by atoms with van der Waals surface area (Å²) in [5.41, 5.74) is -0.712. The van der Waals surface area contributed by atoms with Crippen LogP contribution < -0.4 is 10.6 Å². The Morgan fingerprint density at radius 1 is 1.25 bits per heavy atom. The van der Waals surface area contributed by atoms with Crippen LogP contribution in [0.3, 0.4) is 0 Å². The smallest absolute Gasteiger partial charge is 0.248 e. The van der Waals surface area contributed by atoms with Crippen molar-refractivity contribution >= 4 is 30.7 Å². The highest BCUT2D eigenvalue weighted by Gasteiger charge is 2.43. The molecule has 7 nitrogen and oxygen atoms in total. The largest absolute Gasteiger partial charge is 0.373 e. The summed E-state index contributed by atoms with van der Waals surface area (Å²) in [6.45, 7) is 12.7. The number of piperidine rings is 1. The van der Waals surface area contributed by atoms with Gasteiger partial charge in [0, 0.05) is 37.6 Å². The number of aromatic nitrogens is 2. The van der Waals surface area contributed by atoms with Gasteiger partial charge in [-0.25, -0.2) is 0 Å². The molecule has 3 heterocycles. The molecule has 2 aliphatic heterocycles. The minimum Gasteiger partial charge on any atom is -0.373 e. The topological polar surface area (TPSA) is 71.4 Å². The molecule has 0 spiro atoms. The van der Waals surface area contributed by atoms with Gasteiger partial charge in [-0.15, -0.1) is 24.8 Å². The van der Waals surface area contributed by atoms with Gasteiger partial charge >= 0.3 is 0 Å². The fourth-order valence-corrected chi connectivity index (χ4v) is 4.17. The Hall–Kier alpha value is -0.860. The van der Waals surface area contributed by atoms with E-state index < -0.39 is 5.54 Å². The molecule has 2 aliphatic rings. The lowest BCUT2D eigenvalue weighted by Gasteiger charge is -2.45. The molecule has 2 atom stereocenters. The number of carbonyl (C=O) groups excluding carboxylic acids is 1.